The minimum atomic E-state index is 0.565. The summed E-state index contributed by atoms with van der Waals surface area (Å²) in [6.45, 7) is 4.57. The zero-order valence-electron chi connectivity index (χ0n) is 10.9. The third-order valence-corrected chi connectivity index (χ3v) is 4.47. The second kappa shape index (κ2) is 5.59. The van der Waals surface area contributed by atoms with Gasteiger partial charge in [-0.1, -0.05) is 0 Å². The van der Waals surface area contributed by atoms with Crippen LogP contribution in [0, 0.1) is 11.3 Å². The van der Waals surface area contributed by atoms with Gasteiger partial charge in [-0.3, -0.25) is 0 Å². The molecule has 1 aliphatic carbocycles. The van der Waals surface area contributed by atoms with Gasteiger partial charge in [-0.25, -0.2) is 0 Å². The Morgan fingerprint density at radius 2 is 2.28 bits per heavy atom. The number of hydrogen-bond acceptors (Lipinski definition) is 5. The van der Waals surface area contributed by atoms with E-state index < -0.39 is 0 Å². The Bertz CT molecular complexity index is 460. The fraction of sp³-hybridized carbons (Fsp3) is 0.615. The van der Waals surface area contributed by atoms with E-state index in [1.807, 2.05) is 0 Å². The number of anilines is 2. The number of ether oxygens (including phenoxy) is 1. The van der Waals surface area contributed by atoms with E-state index in [-0.39, 0.29) is 0 Å². The average molecular weight is 265 g/mol. The monoisotopic (exact) mass is 265 g/mol. The molecule has 1 aliphatic rings. The van der Waals surface area contributed by atoms with Gasteiger partial charge in [0.05, 0.1) is 17.3 Å². The van der Waals surface area contributed by atoms with Crippen molar-refractivity contribution < 1.29 is 4.74 Å². The Balaban J connectivity index is 2.32. The van der Waals surface area contributed by atoms with Crippen LogP contribution in [0.4, 0.5) is 10.7 Å². The van der Waals surface area contributed by atoms with Crippen LogP contribution in [0.15, 0.2) is 0 Å². The third-order valence-electron chi connectivity index (χ3n) is 3.29. The molecular formula is C13H19N3OS. The number of nitrogens with zero attached hydrogens (tertiary/aromatic N) is 2. The predicted octanol–water partition coefficient (Wildman–Crippen LogP) is 2.55. The van der Waals surface area contributed by atoms with Crippen LogP contribution in [-0.2, 0) is 4.74 Å². The first kappa shape index (κ1) is 13.2. The maximum Gasteiger partial charge on any atom is 0.130 e. The molecule has 4 nitrogen and oxygen atoms in total. The molecule has 2 rings (SSSR count). The number of nitriles is 1. The first-order valence-electron chi connectivity index (χ1n) is 6.29. The first-order chi connectivity index (χ1) is 8.72. The van der Waals surface area contributed by atoms with E-state index in [9.17, 15) is 0 Å². The number of methoxy groups -OCH3 is 1. The van der Waals surface area contributed by atoms with Crippen LogP contribution in [0.3, 0.4) is 0 Å². The Kier molecular flexibility index (Phi) is 4.10. The Hall–Kier alpha value is -1.25. The molecule has 1 aromatic heterocycles. The third kappa shape index (κ3) is 2.45. The molecule has 1 aromatic rings. The van der Waals surface area contributed by atoms with Crippen molar-refractivity contribution in [1.29, 1.82) is 5.26 Å². The molecule has 0 radical (unpaired) electrons. The van der Waals surface area contributed by atoms with E-state index in [1.165, 1.54) is 34.7 Å². The lowest BCUT2D eigenvalue weighted by Gasteiger charge is -2.22. The van der Waals surface area contributed by atoms with Gasteiger partial charge < -0.3 is 15.4 Å². The summed E-state index contributed by atoms with van der Waals surface area (Å²) in [5, 5.41) is 10.3. The highest BCUT2D eigenvalue weighted by Crippen LogP contribution is 2.51. The highest BCUT2D eigenvalue weighted by molar-refractivity contribution is 7.17. The van der Waals surface area contributed by atoms with Crippen molar-refractivity contribution in [3.63, 3.8) is 0 Å². The molecule has 1 heterocycles. The first-order valence-corrected chi connectivity index (χ1v) is 7.10. The highest BCUT2D eigenvalue weighted by Gasteiger charge is 2.32. The van der Waals surface area contributed by atoms with E-state index in [0.717, 1.165) is 13.1 Å². The zero-order chi connectivity index (χ0) is 13.1. The maximum atomic E-state index is 9.13. The van der Waals surface area contributed by atoms with E-state index in [2.05, 4.69) is 17.9 Å². The van der Waals surface area contributed by atoms with Crippen molar-refractivity contribution >= 4 is 22.0 Å². The van der Waals surface area contributed by atoms with Gasteiger partial charge in [-0.05, 0) is 25.7 Å². The molecule has 0 spiro atoms. The van der Waals surface area contributed by atoms with Crippen molar-refractivity contribution in [2.75, 3.05) is 37.4 Å². The summed E-state index contributed by atoms with van der Waals surface area (Å²) in [5.74, 6) is 0.565. The molecule has 0 aromatic carbocycles. The number of nitrogen functional groups attached to an aromatic ring is 1. The number of rotatable bonds is 6. The quantitative estimate of drug-likeness (QED) is 0.858. The SMILES string of the molecule is CCN(CCOC)c1sc(C#N)c(N)c1C1CC1. The largest absolute Gasteiger partial charge is 0.397 e. The molecule has 98 valence electrons. The summed E-state index contributed by atoms with van der Waals surface area (Å²) in [6, 6.07) is 2.21. The molecule has 0 unspecified atom stereocenters. The molecule has 2 N–H and O–H groups in total. The summed E-state index contributed by atoms with van der Waals surface area (Å²) in [4.78, 5) is 2.92. The normalized spacial score (nSPS) is 14.5. The van der Waals surface area contributed by atoms with Crippen molar-refractivity contribution in [2.45, 2.75) is 25.7 Å². The van der Waals surface area contributed by atoms with E-state index >= 15 is 0 Å². The van der Waals surface area contributed by atoms with Crippen LogP contribution in [-0.4, -0.2) is 26.8 Å². The highest BCUT2D eigenvalue weighted by atomic mass is 32.1. The lowest BCUT2D eigenvalue weighted by atomic mass is 10.1. The maximum absolute atomic E-state index is 9.13. The summed E-state index contributed by atoms with van der Waals surface area (Å²) in [6.07, 6.45) is 2.39. The number of nitrogens with two attached hydrogens (primary N) is 1. The van der Waals surface area contributed by atoms with Crippen molar-refractivity contribution in [1.82, 2.24) is 0 Å². The molecule has 0 amide bonds. The molecule has 1 fully saturated rings. The van der Waals surface area contributed by atoms with Gasteiger partial charge in [-0.2, -0.15) is 5.26 Å². The molecule has 5 heteroatoms. The Morgan fingerprint density at radius 3 is 2.78 bits per heavy atom. The van der Waals surface area contributed by atoms with Crippen LogP contribution in [0.5, 0.6) is 0 Å². The number of hydrogen-bond donors (Lipinski definition) is 1. The zero-order valence-corrected chi connectivity index (χ0v) is 11.7. The summed E-state index contributed by atoms with van der Waals surface area (Å²) in [5.41, 5.74) is 8.01. The molecule has 18 heavy (non-hydrogen) atoms. The number of thiophene rings is 1. The van der Waals surface area contributed by atoms with Crippen molar-refractivity contribution in [3.05, 3.63) is 10.4 Å². The van der Waals surface area contributed by atoms with E-state index in [4.69, 9.17) is 15.7 Å². The van der Waals surface area contributed by atoms with Gasteiger partial charge in [0.1, 0.15) is 10.9 Å². The van der Waals surface area contributed by atoms with Crippen LogP contribution in [0.25, 0.3) is 0 Å². The lowest BCUT2D eigenvalue weighted by Crippen LogP contribution is -2.26. The summed E-state index contributed by atoms with van der Waals surface area (Å²) >= 11 is 1.52. The predicted molar refractivity (Wildman–Crippen MR) is 75.2 cm³/mol. The Morgan fingerprint density at radius 1 is 1.56 bits per heavy atom. The van der Waals surface area contributed by atoms with E-state index in [1.54, 1.807) is 7.11 Å². The van der Waals surface area contributed by atoms with Gasteiger partial charge in [0.25, 0.3) is 0 Å². The molecule has 0 aliphatic heterocycles. The standard InChI is InChI=1S/C13H19N3OS/c1-3-16(6-7-17-2)13-11(9-4-5-9)12(15)10(8-14)18-13/h9H,3-7,15H2,1-2H3. The molecule has 0 saturated heterocycles. The van der Waals surface area contributed by atoms with Crippen molar-refractivity contribution in [3.8, 4) is 6.07 Å². The summed E-state index contributed by atoms with van der Waals surface area (Å²) < 4.78 is 5.14. The van der Waals surface area contributed by atoms with Gasteiger partial charge in [0.15, 0.2) is 0 Å². The lowest BCUT2D eigenvalue weighted by molar-refractivity contribution is 0.205. The second-order valence-electron chi connectivity index (χ2n) is 4.52. The van der Waals surface area contributed by atoms with Crippen LogP contribution < -0.4 is 10.6 Å². The smallest absolute Gasteiger partial charge is 0.130 e. The molecular weight excluding hydrogens is 246 g/mol. The second-order valence-corrected chi connectivity index (χ2v) is 5.52. The van der Waals surface area contributed by atoms with Crippen LogP contribution in [0.2, 0.25) is 0 Å². The fourth-order valence-electron chi connectivity index (χ4n) is 2.13. The molecule has 1 saturated carbocycles. The van der Waals surface area contributed by atoms with Gasteiger partial charge in [0.2, 0.25) is 0 Å². The van der Waals surface area contributed by atoms with Gasteiger partial charge >= 0.3 is 0 Å². The number of likely N-dealkylation sites (N-methyl/N-ethyl adjacent to an activating group) is 1. The van der Waals surface area contributed by atoms with Gasteiger partial charge in [-0.15, -0.1) is 11.3 Å². The van der Waals surface area contributed by atoms with Crippen molar-refractivity contribution in [2.24, 2.45) is 0 Å². The van der Waals surface area contributed by atoms with Crippen LogP contribution in [0.1, 0.15) is 36.1 Å². The topological polar surface area (TPSA) is 62.3 Å². The fourth-order valence-corrected chi connectivity index (χ4v) is 3.33. The minimum Gasteiger partial charge on any atom is -0.397 e. The Labute approximate surface area is 112 Å². The molecule has 0 atom stereocenters. The van der Waals surface area contributed by atoms with Crippen LogP contribution >= 0.6 is 11.3 Å². The minimum absolute atomic E-state index is 0.565. The van der Waals surface area contributed by atoms with E-state index in [0.29, 0.717) is 23.1 Å². The van der Waals surface area contributed by atoms with Gasteiger partial charge in [0, 0.05) is 25.8 Å². The molecule has 0 bridgehead atoms. The summed E-state index contributed by atoms with van der Waals surface area (Å²) in [7, 11) is 1.71. The average Bonchev–Trinajstić information content (AvgIpc) is 3.15.